The molecule has 0 radical (unpaired) electrons. The fourth-order valence-corrected chi connectivity index (χ4v) is 1.96. The van der Waals surface area contributed by atoms with E-state index in [-0.39, 0.29) is 6.04 Å². The molecule has 4 nitrogen and oxygen atoms in total. The van der Waals surface area contributed by atoms with Gasteiger partial charge in [-0.2, -0.15) is 0 Å². The highest BCUT2D eigenvalue weighted by atomic mass is 16.5. The molecule has 0 amide bonds. The van der Waals surface area contributed by atoms with E-state index in [1.54, 1.807) is 7.11 Å². The fraction of sp³-hybridized carbons (Fsp3) is 0.538. The SMILES string of the molecule is CCOc1cc(C2COCCN2)ccc1OC. The molecule has 0 bridgehead atoms. The van der Waals surface area contributed by atoms with Crippen LogP contribution in [0.4, 0.5) is 0 Å². The van der Waals surface area contributed by atoms with Crippen LogP contribution in [0.5, 0.6) is 11.5 Å². The van der Waals surface area contributed by atoms with E-state index in [0.29, 0.717) is 13.2 Å². The smallest absolute Gasteiger partial charge is 0.161 e. The van der Waals surface area contributed by atoms with Crippen molar-refractivity contribution in [1.82, 2.24) is 5.32 Å². The van der Waals surface area contributed by atoms with Gasteiger partial charge in [-0.05, 0) is 24.6 Å². The first-order chi connectivity index (χ1) is 8.35. The third-order valence-electron chi connectivity index (χ3n) is 2.81. The standard InChI is InChI=1S/C13H19NO3/c1-3-17-13-8-10(4-5-12(13)15-2)11-9-16-7-6-14-11/h4-5,8,11,14H,3,6-7,9H2,1-2H3. The molecular formula is C13H19NO3. The fourth-order valence-electron chi connectivity index (χ4n) is 1.96. The Morgan fingerprint density at radius 1 is 1.41 bits per heavy atom. The second kappa shape index (κ2) is 5.89. The summed E-state index contributed by atoms with van der Waals surface area (Å²) in [6.45, 7) is 4.98. The topological polar surface area (TPSA) is 39.7 Å². The van der Waals surface area contributed by atoms with E-state index in [9.17, 15) is 0 Å². The van der Waals surface area contributed by atoms with Gasteiger partial charge in [-0.3, -0.25) is 0 Å². The van der Waals surface area contributed by atoms with Gasteiger partial charge in [0.15, 0.2) is 11.5 Å². The van der Waals surface area contributed by atoms with Gasteiger partial charge >= 0.3 is 0 Å². The highest BCUT2D eigenvalue weighted by Gasteiger charge is 2.17. The summed E-state index contributed by atoms with van der Waals surface area (Å²) in [5, 5.41) is 3.42. The molecule has 0 aromatic heterocycles. The molecule has 1 heterocycles. The molecular weight excluding hydrogens is 218 g/mol. The van der Waals surface area contributed by atoms with Crippen molar-refractivity contribution in [3.05, 3.63) is 23.8 Å². The lowest BCUT2D eigenvalue weighted by Gasteiger charge is -2.24. The van der Waals surface area contributed by atoms with Gasteiger partial charge in [0.05, 0.1) is 33.0 Å². The first-order valence-electron chi connectivity index (χ1n) is 5.97. The van der Waals surface area contributed by atoms with Crippen LogP contribution in [0.2, 0.25) is 0 Å². The Labute approximate surface area is 102 Å². The normalized spacial score (nSPS) is 20.0. The van der Waals surface area contributed by atoms with E-state index < -0.39 is 0 Å². The third kappa shape index (κ3) is 2.90. The molecule has 1 aliphatic rings. The predicted molar refractivity (Wildman–Crippen MR) is 65.7 cm³/mol. The maximum atomic E-state index is 5.57. The Bertz CT molecular complexity index is 362. The van der Waals surface area contributed by atoms with E-state index >= 15 is 0 Å². The summed E-state index contributed by atoms with van der Waals surface area (Å²) >= 11 is 0. The van der Waals surface area contributed by atoms with Crippen LogP contribution in [-0.4, -0.2) is 33.5 Å². The van der Waals surface area contributed by atoms with Crippen molar-refractivity contribution in [2.75, 3.05) is 33.5 Å². The highest BCUT2D eigenvalue weighted by Crippen LogP contribution is 2.30. The van der Waals surface area contributed by atoms with Crippen LogP contribution in [-0.2, 0) is 4.74 Å². The first-order valence-corrected chi connectivity index (χ1v) is 5.97. The minimum atomic E-state index is 0.244. The number of benzene rings is 1. The van der Waals surface area contributed by atoms with E-state index in [4.69, 9.17) is 14.2 Å². The largest absolute Gasteiger partial charge is 0.493 e. The van der Waals surface area contributed by atoms with E-state index in [2.05, 4.69) is 5.32 Å². The maximum absolute atomic E-state index is 5.57. The zero-order valence-corrected chi connectivity index (χ0v) is 10.4. The maximum Gasteiger partial charge on any atom is 0.161 e. The van der Waals surface area contributed by atoms with Crippen molar-refractivity contribution in [2.24, 2.45) is 0 Å². The van der Waals surface area contributed by atoms with Crippen LogP contribution in [0.3, 0.4) is 0 Å². The Kier molecular flexibility index (Phi) is 4.23. The average molecular weight is 237 g/mol. The Hall–Kier alpha value is -1.26. The third-order valence-corrected chi connectivity index (χ3v) is 2.81. The molecule has 0 spiro atoms. The van der Waals surface area contributed by atoms with Gasteiger partial charge in [0.25, 0.3) is 0 Å². The van der Waals surface area contributed by atoms with Crippen LogP contribution in [0.15, 0.2) is 18.2 Å². The van der Waals surface area contributed by atoms with E-state index in [1.807, 2.05) is 25.1 Å². The Morgan fingerprint density at radius 3 is 2.94 bits per heavy atom. The van der Waals surface area contributed by atoms with Crippen molar-refractivity contribution >= 4 is 0 Å². The summed E-state index contributed by atoms with van der Waals surface area (Å²) in [5.74, 6) is 1.56. The zero-order valence-electron chi connectivity index (χ0n) is 10.4. The molecule has 17 heavy (non-hydrogen) atoms. The molecule has 4 heteroatoms. The first kappa shape index (κ1) is 12.2. The van der Waals surface area contributed by atoms with Crippen LogP contribution >= 0.6 is 0 Å². The predicted octanol–water partition coefficient (Wildman–Crippen LogP) is 1.75. The number of methoxy groups -OCH3 is 1. The molecule has 1 aliphatic heterocycles. The molecule has 1 aromatic rings. The van der Waals surface area contributed by atoms with Gasteiger partial charge in [-0.1, -0.05) is 6.07 Å². The minimum Gasteiger partial charge on any atom is -0.493 e. The summed E-state index contributed by atoms with van der Waals surface area (Å²) in [6, 6.07) is 6.26. The number of hydrogen-bond acceptors (Lipinski definition) is 4. The average Bonchev–Trinajstić information content (AvgIpc) is 2.40. The van der Waals surface area contributed by atoms with Crippen molar-refractivity contribution < 1.29 is 14.2 Å². The van der Waals surface area contributed by atoms with Crippen LogP contribution in [0.25, 0.3) is 0 Å². The summed E-state index contributed by atoms with van der Waals surface area (Å²) in [7, 11) is 1.65. The summed E-state index contributed by atoms with van der Waals surface area (Å²) < 4.78 is 16.3. The zero-order chi connectivity index (χ0) is 12.1. The van der Waals surface area contributed by atoms with E-state index in [1.165, 1.54) is 5.56 Å². The molecule has 1 N–H and O–H groups in total. The van der Waals surface area contributed by atoms with Crippen molar-refractivity contribution in [2.45, 2.75) is 13.0 Å². The number of morpholine rings is 1. The Morgan fingerprint density at radius 2 is 2.29 bits per heavy atom. The van der Waals surface area contributed by atoms with E-state index in [0.717, 1.165) is 24.7 Å². The number of ether oxygens (including phenoxy) is 3. The molecule has 94 valence electrons. The Balaban J connectivity index is 2.19. The lowest BCUT2D eigenvalue weighted by atomic mass is 10.1. The van der Waals surface area contributed by atoms with Crippen LogP contribution < -0.4 is 14.8 Å². The molecule has 1 saturated heterocycles. The molecule has 1 unspecified atom stereocenters. The van der Waals surface area contributed by atoms with Gasteiger partial charge in [0, 0.05) is 6.54 Å². The van der Waals surface area contributed by atoms with Gasteiger partial charge in [0.2, 0.25) is 0 Å². The molecule has 1 fully saturated rings. The summed E-state index contributed by atoms with van der Waals surface area (Å²) in [5.41, 5.74) is 1.17. The molecule has 2 rings (SSSR count). The van der Waals surface area contributed by atoms with Gasteiger partial charge in [0.1, 0.15) is 0 Å². The van der Waals surface area contributed by atoms with Gasteiger partial charge in [-0.15, -0.1) is 0 Å². The number of rotatable bonds is 4. The second-order valence-corrected chi connectivity index (χ2v) is 3.92. The van der Waals surface area contributed by atoms with Crippen molar-refractivity contribution in [3.63, 3.8) is 0 Å². The van der Waals surface area contributed by atoms with Gasteiger partial charge < -0.3 is 19.5 Å². The number of nitrogens with one attached hydrogen (secondary N) is 1. The quantitative estimate of drug-likeness (QED) is 0.866. The van der Waals surface area contributed by atoms with Crippen LogP contribution in [0, 0.1) is 0 Å². The number of hydrogen-bond donors (Lipinski definition) is 1. The molecule has 0 saturated carbocycles. The molecule has 1 atom stereocenters. The monoisotopic (exact) mass is 237 g/mol. The van der Waals surface area contributed by atoms with Crippen LogP contribution in [0.1, 0.15) is 18.5 Å². The highest BCUT2D eigenvalue weighted by molar-refractivity contribution is 5.44. The lowest BCUT2D eigenvalue weighted by Crippen LogP contribution is -2.34. The summed E-state index contributed by atoms with van der Waals surface area (Å²) in [4.78, 5) is 0. The second-order valence-electron chi connectivity index (χ2n) is 3.92. The summed E-state index contributed by atoms with van der Waals surface area (Å²) in [6.07, 6.45) is 0. The van der Waals surface area contributed by atoms with Crippen molar-refractivity contribution in [1.29, 1.82) is 0 Å². The van der Waals surface area contributed by atoms with Crippen molar-refractivity contribution in [3.8, 4) is 11.5 Å². The molecule has 1 aromatic carbocycles. The minimum absolute atomic E-state index is 0.244. The lowest BCUT2D eigenvalue weighted by molar-refractivity contribution is 0.0768. The molecule has 0 aliphatic carbocycles. The van der Waals surface area contributed by atoms with Gasteiger partial charge in [-0.25, -0.2) is 0 Å².